The average molecular weight is 1630 g/mol. The van der Waals surface area contributed by atoms with Crippen LogP contribution in [0.4, 0.5) is 32.3 Å². The lowest BCUT2D eigenvalue weighted by Gasteiger charge is -2.33. The first-order valence-electron chi connectivity index (χ1n) is 34.5. The third kappa shape index (κ3) is 34.0. The summed E-state index contributed by atoms with van der Waals surface area (Å²) in [6.07, 6.45) is -8.53. The van der Waals surface area contributed by atoms with E-state index in [-0.39, 0.29) is 146 Å². The second-order valence-electron chi connectivity index (χ2n) is 25.4. The molecule has 1 aliphatic heterocycles. The van der Waals surface area contributed by atoms with Crippen molar-refractivity contribution >= 4 is 115 Å². The van der Waals surface area contributed by atoms with Crippen LogP contribution in [0.5, 0.6) is 0 Å². The van der Waals surface area contributed by atoms with Gasteiger partial charge < -0.3 is 82.1 Å². The first kappa shape index (κ1) is 94.0. The Labute approximate surface area is 639 Å². The molecule has 113 heavy (non-hydrogen) atoms. The lowest BCUT2D eigenvalue weighted by Crippen LogP contribution is -2.56. The fraction of sp³-hybridized carbons (Fsp3) is 0.507. The number of aliphatic carboxylic acids is 6. The molecular weight excluding hydrogens is 1540 g/mol. The molecule has 2 aromatic carbocycles. The maximum Gasteiger partial charge on any atom is 0.458 e. The average Bonchev–Trinajstić information content (AvgIpc) is 0.789. The normalized spacial score (nSPS) is 14.3. The van der Waals surface area contributed by atoms with E-state index < -0.39 is 167 Å². The van der Waals surface area contributed by atoms with E-state index >= 15 is 0 Å². The van der Waals surface area contributed by atoms with Crippen molar-refractivity contribution in [3.63, 3.8) is 0 Å². The number of aromatic amines is 1. The van der Waals surface area contributed by atoms with Gasteiger partial charge >= 0.3 is 59.7 Å². The maximum absolute atomic E-state index is 13.9. The lowest BCUT2D eigenvalue weighted by atomic mass is 10.1. The van der Waals surface area contributed by atoms with Crippen LogP contribution in [0.3, 0.4) is 0 Å². The highest BCUT2D eigenvalue weighted by Gasteiger charge is 2.54. The Morgan fingerprint density at radius 2 is 1.06 bits per heavy atom. The minimum absolute atomic E-state index is 0.0199. The van der Waals surface area contributed by atoms with Crippen LogP contribution in [0.25, 0.3) is 10.9 Å². The number of benzene rings is 2. The van der Waals surface area contributed by atoms with Crippen LogP contribution >= 0.6 is 0 Å². The number of H-pyrrole nitrogens is 1. The number of carbonyl (C=O) groups excluding carboxylic acids is 8. The number of ketones is 2. The first-order chi connectivity index (χ1) is 52.9. The summed E-state index contributed by atoms with van der Waals surface area (Å²) in [5.41, 5.74) is 0.620. The van der Waals surface area contributed by atoms with Gasteiger partial charge in [0.2, 0.25) is 35.0 Å². The predicted octanol–water partition coefficient (Wildman–Crippen LogP) is -1.13. The summed E-state index contributed by atoms with van der Waals surface area (Å²) in [7, 11) is -4.55. The van der Waals surface area contributed by atoms with Crippen molar-refractivity contribution in [1.82, 2.24) is 66.0 Å². The molecule has 39 nitrogen and oxygen atoms in total. The number of carboxylic acids is 6. The Bertz CT molecular complexity index is 4220. The zero-order valence-corrected chi connectivity index (χ0v) is 62.0. The van der Waals surface area contributed by atoms with Gasteiger partial charge in [0.05, 0.1) is 56.0 Å². The molecule has 2 atom stereocenters. The number of pyridine rings is 1. The predicted molar refractivity (Wildman–Crippen MR) is 381 cm³/mol. The molecule has 14 N–H and O–H groups in total. The monoisotopic (exact) mass is 1630 g/mol. The molecule has 1 aliphatic rings. The molecular formula is C67H87F6N15O24S. The highest BCUT2D eigenvalue weighted by atomic mass is 32.2. The van der Waals surface area contributed by atoms with Gasteiger partial charge in [0.1, 0.15) is 17.6 Å². The van der Waals surface area contributed by atoms with E-state index in [4.69, 9.17) is 4.74 Å². The minimum atomic E-state index is -5.77. The topological polar surface area (TPSA) is 564 Å². The Kier molecular flexibility index (Phi) is 37.6. The number of halogens is 6. The molecule has 0 unspecified atom stereocenters. The number of rotatable bonds is 41. The third-order valence-electron chi connectivity index (χ3n) is 16.3. The van der Waals surface area contributed by atoms with E-state index in [1.807, 2.05) is 0 Å². The van der Waals surface area contributed by atoms with E-state index in [2.05, 4.69) is 51.6 Å². The lowest BCUT2D eigenvalue weighted by molar-refractivity contribution is -0.193. The first-order valence-corrected chi connectivity index (χ1v) is 35.9. The fourth-order valence-electron chi connectivity index (χ4n) is 11.0. The van der Waals surface area contributed by atoms with Crippen LogP contribution in [-0.2, 0) is 90.2 Å². The molecule has 0 saturated carbocycles. The van der Waals surface area contributed by atoms with Gasteiger partial charge in [0, 0.05) is 135 Å². The number of Topliss-reactive ketones (excluding diaryl/α,β-unsaturated/α-hetero) is 2. The molecule has 4 aromatic rings. The molecule has 3 heterocycles. The number of sulfonamides is 1. The number of aromatic nitrogens is 3. The number of alkyl halides is 6. The van der Waals surface area contributed by atoms with Crippen molar-refractivity contribution in [1.29, 1.82) is 0 Å². The molecule has 622 valence electrons. The molecule has 6 amide bonds. The summed E-state index contributed by atoms with van der Waals surface area (Å²) in [5.74, 6) is -19.5. The number of aryl methyl sites for hydroxylation is 4. The second kappa shape index (κ2) is 45.2. The highest BCUT2D eigenvalue weighted by molar-refractivity contribution is 7.90. The second-order valence-corrected chi connectivity index (χ2v) is 27.0. The van der Waals surface area contributed by atoms with Crippen LogP contribution in [-0.4, -0.2) is 304 Å². The number of carboxylic acid groups (broad SMARTS) is 6. The van der Waals surface area contributed by atoms with E-state index in [1.165, 1.54) is 27.0 Å². The number of hydrogen-bond donors (Lipinski definition) is 14. The Balaban J connectivity index is 0.00000206. The van der Waals surface area contributed by atoms with Crippen molar-refractivity contribution in [2.45, 2.75) is 108 Å². The van der Waals surface area contributed by atoms with E-state index in [1.54, 1.807) is 66.9 Å². The summed E-state index contributed by atoms with van der Waals surface area (Å²) < 4.78 is 104. The van der Waals surface area contributed by atoms with Gasteiger partial charge in [-0.2, -0.15) is 39.2 Å². The zero-order valence-electron chi connectivity index (χ0n) is 61.2. The third-order valence-corrected chi connectivity index (χ3v) is 17.9. The fourth-order valence-corrected chi connectivity index (χ4v) is 12.5. The molecule has 0 bridgehead atoms. The SMILES string of the molecule is Cc1cc(C)c(S(=O)(=O)N=C(CNC(=O)c2cn(CCCNC(=O)CCC(=O)NCCCOCCCNC(=O)[C@@H](CC(=O)O)NC(=O)[C@@H](CC(=O)O)NC(=O)CN3CCN(CC(=O)O)CCN(CC(=O)O)CCN(CC(=O)O)CC3)c3cc(CNc4ncc[nH]4)ccc3c2=O)C(=O)O)c(C)c1.O=C(C(=O)C(F)(F)F)C(F)(F)F. The van der Waals surface area contributed by atoms with Crippen LogP contribution in [0, 0.1) is 20.8 Å². The molecule has 2 aromatic heterocycles. The maximum atomic E-state index is 13.9. The molecule has 1 saturated heterocycles. The molecule has 5 rings (SSSR count). The highest BCUT2D eigenvalue weighted by Crippen LogP contribution is 2.26. The summed E-state index contributed by atoms with van der Waals surface area (Å²) >= 11 is 0. The van der Waals surface area contributed by atoms with Crippen molar-refractivity contribution < 1.29 is 137 Å². The molecule has 0 radical (unpaired) electrons. The van der Waals surface area contributed by atoms with Gasteiger partial charge in [-0.05, 0) is 68.9 Å². The molecule has 46 heteroatoms. The Morgan fingerprint density at radius 1 is 0.593 bits per heavy atom. The van der Waals surface area contributed by atoms with Gasteiger partial charge in [-0.15, -0.1) is 0 Å². The van der Waals surface area contributed by atoms with Gasteiger partial charge in [-0.3, -0.25) is 86.7 Å². The smallest absolute Gasteiger partial charge is 0.458 e. The summed E-state index contributed by atoms with van der Waals surface area (Å²) in [4.78, 5) is 196. The largest absolute Gasteiger partial charge is 0.481 e. The van der Waals surface area contributed by atoms with Crippen molar-refractivity contribution in [3.8, 4) is 0 Å². The van der Waals surface area contributed by atoms with Gasteiger partial charge in [-0.25, -0.2) is 9.78 Å². The number of fused-ring (bicyclic) bond motifs is 1. The van der Waals surface area contributed by atoms with Crippen molar-refractivity contribution in [3.05, 3.63) is 87.0 Å². The minimum Gasteiger partial charge on any atom is -0.481 e. The molecule has 0 spiro atoms. The van der Waals surface area contributed by atoms with Crippen LogP contribution in [0.1, 0.15) is 77.6 Å². The van der Waals surface area contributed by atoms with Crippen LogP contribution < -0.4 is 42.6 Å². The number of carbonyl (C=O) groups is 14. The summed E-state index contributed by atoms with van der Waals surface area (Å²) in [6, 6.07) is 4.60. The zero-order chi connectivity index (χ0) is 84.5. The molecule has 0 aliphatic carbocycles. The number of nitrogens with zero attached hydrogens (tertiary/aromatic N) is 7. The number of imidazole rings is 1. The van der Waals surface area contributed by atoms with Crippen molar-refractivity contribution in [2.75, 3.05) is 123 Å². The van der Waals surface area contributed by atoms with Crippen LogP contribution in [0.15, 0.2) is 63.0 Å². The van der Waals surface area contributed by atoms with E-state index in [0.29, 0.717) is 29.0 Å². The number of anilines is 1. The quantitative estimate of drug-likeness (QED) is 0.0108. The standard InChI is InChI=1S/C63H87N15O22S.C4F6O2/c1-39-27-40(2)58(41(3)28-39)101(98,99)73-47(62(96)97)33-69-59(93)44-34-78(48-29-42(7-8-43(48)57(44)92)32-70-63-67-14-15-68-63)16-4-11-64-49(79)9-10-50(80)65-12-5-25-100-26-6-13-66-60(94)45(30-52(82)83)72-61(95)46(31-53(84)85)71-51(81)35-74-17-19-75(36-54(86)87)21-23-77(38-56(90)91)24-22-76(20-18-74)37-55(88)89;5-3(6,7)1(11)2(12)4(8,9)10/h7-8,14-15,27-29,34,45-46H,4-6,9-13,16-26,30-33,35-38H2,1-3H3,(H,64,79)(H,65,80)(H,66,94)(H,69,93)(H,71,81)(H,72,95)(H,82,83)(H,84,85)(H,86,87)(H,88,89)(H,90,91)(H,96,97)(H2,67,68,70);/t45-,46-;/m1./s1. The summed E-state index contributed by atoms with van der Waals surface area (Å²) in [6.45, 7) is 3.70. The summed E-state index contributed by atoms with van der Waals surface area (Å²) in [5, 5.41) is 75.7. The van der Waals surface area contributed by atoms with Crippen molar-refractivity contribution in [2.24, 2.45) is 4.40 Å². The number of hydrogen-bond acceptors (Lipinski definition) is 24. The molecule has 1 fully saturated rings. The van der Waals surface area contributed by atoms with Gasteiger partial charge in [0.25, 0.3) is 15.9 Å². The van der Waals surface area contributed by atoms with Gasteiger partial charge in [-0.1, -0.05) is 23.8 Å². The van der Waals surface area contributed by atoms with Crippen LogP contribution in [0.2, 0.25) is 0 Å². The van der Waals surface area contributed by atoms with E-state index in [0.717, 1.165) is 11.1 Å². The number of amides is 6. The number of nitrogens with one attached hydrogen (secondary N) is 8. The van der Waals surface area contributed by atoms with E-state index in [9.17, 15) is 137 Å². The Hall–Kier alpha value is -11.4. The Morgan fingerprint density at radius 3 is 1.51 bits per heavy atom. The number of ether oxygens (including phenoxy) is 1. The van der Waals surface area contributed by atoms with Gasteiger partial charge in [0.15, 0.2) is 11.7 Å².